The molecule has 4 nitrogen and oxygen atoms in total. The van der Waals surface area contributed by atoms with Gasteiger partial charge in [0.1, 0.15) is 5.75 Å². The lowest BCUT2D eigenvalue weighted by molar-refractivity contribution is -0.117. The average molecular weight is 279 g/mol. The summed E-state index contributed by atoms with van der Waals surface area (Å²) in [6.45, 7) is 4.07. The van der Waals surface area contributed by atoms with Gasteiger partial charge in [0.25, 0.3) is 0 Å². The lowest BCUT2D eigenvalue weighted by Gasteiger charge is -2.19. The lowest BCUT2D eigenvalue weighted by Crippen LogP contribution is -2.25. The molecule has 19 heavy (non-hydrogen) atoms. The Balaban J connectivity index is 2.23. The predicted octanol–water partition coefficient (Wildman–Crippen LogP) is 2.39. The third-order valence-corrected chi connectivity index (χ3v) is 4.03. The molecular formula is C14H17NO3S. The monoisotopic (exact) mass is 279 g/mol. The first-order valence-corrected chi connectivity index (χ1v) is 7.01. The number of aryl methyl sites for hydroxylation is 1. The van der Waals surface area contributed by atoms with Crippen LogP contribution in [0.25, 0.3) is 0 Å². The molecule has 1 atom stereocenters. The molecule has 2 rings (SSSR count). The smallest absolute Gasteiger partial charge is 0.228 e. The molecule has 0 spiro atoms. The van der Waals surface area contributed by atoms with Crippen molar-refractivity contribution >= 4 is 28.5 Å². The molecule has 0 aliphatic carbocycles. The summed E-state index contributed by atoms with van der Waals surface area (Å²) < 4.78 is 5.34. The van der Waals surface area contributed by atoms with Gasteiger partial charge in [-0.15, -0.1) is 0 Å². The molecule has 0 aromatic heterocycles. The van der Waals surface area contributed by atoms with Gasteiger partial charge in [-0.05, 0) is 24.6 Å². The fraction of sp³-hybridized carbons (Fsp3) is 0.429. The highest BCUT2D eigenvalue weighted by molar-refractivity contribution is 8.14. The number of carbonyl (C=O) groups is 2. The number of ether oxygens (including phenoxy) is 1. The number of amides is 1. The molecule has 1 unspecified atom stereocenters. The topological polar surface area (TPSA) is 46.6 Å². The number of methoxy groups -OCH3 is 1. The Kier molecular flexibility index (Phi) is 4.14. The van der Waals surface area contributed by atoms with Crippen LogP contribution in [0.5, 0.6) is 5.75 Å². The molecule has 1 aliphatic heterocycles. The Bertz CT molecular complexity index is 515. The molecule has 1 aromatic carbocycles. The van der Waals surface area contributed by atoms with E-state index in [4.69, 9.17) is 4.74 Å². The van der Waals surface area contributed by atoms with Crippen molar-refractivity contribution in [1.82, 2.24) is 0 Å². The first-order chi connectivity index (χ1) is 9.01. The molecule has 0 bridgehead atoms. The summed E-state index contributed by atoms with van der Waals surface area (Å²) >= 11 is 1.24. The van der Waals surface area contributed by atoms with Gasteiger partial charge in [-0.2, -0.15) is 0 Å². The van der Waals surface area contributed by atoms with Gasteiger partial charge in [-0.25, -0.2) is 0 Å². The quantitative estimate of drug-likeness (QED) is 0.852. The maximum atomic E-state index is 12.1. The van der Waals surface area contributed by atoms with E-state index in [1.54, 1.807) is 12.0 Å². The summed E-state index contributed by atoms with van der Waals surface area (Å²) in [6, 6.07) is 5.76. The number of benzene rings is 1. The van der Waals surface area contributed by atoms with E-state index in [0.717, 1.165) is 11.3 Å². The second-order valence-electron chi connectivity index (χ2n) is 4.62. The zero-order valence-corrected chi connectivity index (χ0v) is 12.1. The Morgan fingerprint density at radius 2 is 2.21 bits per heavy atom. The van der Waals surface area contributed by atoms with Gasteiger partial charge in [0, 0.05) is 25.1 Å². The number of hydrogen-bond donors (Lipinski definition) is 0. The second kappa shape index (κ2) is 5.65. The molecule has 0 saturated carbocycles. The van der Waals surface area contributed by atoms with Gasteiger partial charge in [0.2, 0.25) is 5.91 Å². The molecular weight excluding hydrogens is 262 g/mol. The van der Waals surface area contributed by atoms with Crippen LogP contribution in [0.1, 0.15) is 18.9 Å². The number of thioether (sulfide) groups is 1. The third-order valence-electron chi connectivity index (χ3n) is 3.05. The van der Waals surface area contributed by atoms with Crippen LogP contribution < -0.4 is 9.64 Å². The minimum Gasteiger partial charge on any atom is -0.495 e. The molecule has 5 heteroatoms. The normalized spacial score (nSPS) is 18.8. The maximum Gasteiger partial charge on any atom is 0.228 e. The largest absolute Gasteiger partial charge is 0.495 e. The van der Waals surface area contributed by atoms with Gasteiger partial charge in [0.05, 0.1) is 12.8 Å². The van der Waals surface area contributed by atoms with E-state index < -0.39 is 0 Å². The molecule has 102 valence electrons. The summed E-state index contributed by atoms with van der Waals surface area (Å²) in [6.07, 6.45) is 0.404. The Morgan fingerprint density at radius 3 is 2.84 bits per heavy atom. The van der Waals surface area contributed by atoms with E-state index in [1.165, 1.54) is 18.7 Å². The van der Waals surface area contributed by atoms with Crippen molar-refractivity contribution in [3.63, 3.8) is 0 Å². The number of carbonyl (C=O) groups excluding carboxylic acids is 2. The van der Waals surface area contributed by atoms with Crippen molar-refractivity contribution in [2.24, 2.45) is 0 Å². The fourth-order valence-electron chi connectivity index (χ4n) is 2.23. The molecule has 1 heterocycles. The number of nitrogens with zero attached hydrogens (tertiary/aromatic N) is 1. The summed E-state index contributed by atoms with van der Waals surface area (Å²) in [7, 11) is 1.60. The van der Waals surface area contributed by atoms with Crippen molar-refractivity contribution in [3.8, 4) is 5.75 Å². The fourth-order valence-corrected chi connectivity index (χ4v) is 3.15. The zero-order chi connectivity index (χ0) is 14.0. The highest BCUT2D eigenvalue weighted by Gasteiger charge is 2.33. The van der Waals surface area contributed by atoms with Crippen LogP contribution in [0, 0.1) is 6.92 Å². The van der Waals surface area contributed by atoms with Crippen molar-refractivity contribution in [3.05, 3.63) is 23.8 Å². The maximum absolute atomic E-state index is 12.1. The van der Waals surface area contributed by atoms with Gasteiger partial charge in [-0.3, -0.25) is 9.59 Å². The average Bonchev–Trinajstić information content (AvgIpc) is 2.69. The minimum atomic E-state index is 0.0380. The van der Waals surface area contributed by atoms with Crippen molar-refractivity contribution in [1.29, 1.82) is 0 Å². The van der Waals surface area contributed by atoms with Gasteiger partial charge in [-0.1, -0.05) is 17.8 Å². The number of rotatable bonds is 3. The summed E-state index contributed by atoms with van der Waals surface area (Å²) in [4.78, 5) is 24.9. The summed E-state index contributed by atoms with van der Waals surface area (Å²) in [5.74, 6) is 0.739. The van der Waals surface area contributed by atoms with E-state index in [1.807, 2.05) is 25.1 Å². The van der Waals surface area contributed by atoms with E-state index in [2.05, 4.69) is 0 Å². The standard InChI is InChI=1S/C14H17NO3S/c1-9-4-5-12(13(6-9)18-3)15-8-11(7-14(15)17)19-10(2)16/h4-6,11H,7-8H2,1-3H3. The van der Waals surface area contributed by atoms with Crippen LogP contribution in [0.2, 0.25) is 0 Å². The Morgan fingerprint density at radius 1 is 1.47 bits per heavy atom. The molecule has 0 N–H and O–H groups in total. The van der Waals surface area contributed by atoms with Gasteiger partial charge in [0.15, 0.2) is 5.12 Å². The van der Waals surface area contributed by atoms with Crippen LogP contribution in [-0.2, 0) is 9.59 Å². The zero-order valence-electron chi connectivity index (χ0n) is 11.3. The van der Waals surface area contributed by atoms with E-state index in [9.17, 15) is 9.59 Å². The Labute approximate surface area is 117 Å². The third kappa shape index (κ3) is 3.10. The molecule has 0 radical (unpaired) electrons. The predicted molar refractivity (Wildman–Crippen MR) is 76.8 cm³/mol. The van der Waals surface area contributed by atoms with E-state index in [0.29, 0.717) is 18.7 Å². The molecule has 1 aliphatic rings. The highest BCUT2D eigenvalue weighted by Crippen LogP contribution is 2.34. The lowest BCUT2D eigenvalue weighted by atomic mass is 10.2. The van der Waals surface area contributed by atoms with Gasteiger partial charge >= 0.3 is 0 Å². The molecule has 1 aromatic rings. The Hall–Kier alpha value is -1.49. The number of hydrogen-bond acceptors (Lipinski definition) is 4. The first kappa shape index (κ1) is 13.9. The van der Waals surface area contributed by atoms with Crippen LogP contribution in [0.3, 0.4) is 0 Å². The molecule has 1 saturated heterocycles. The number of anilines is 1. The van der Waals surface area contributed by atoms with Crippen LogP contribution in [0.15, 0.2) is 18.2 Å². The van der Waals surface area contributed by atoms with E-state index in [-0.39, 0.29) is 16.3 Å². The second-order valence-corrected chi connectivity index (χ2v) is 6.09. The highest BCUT2D eigenvalue weighted by atomic mass is 32.2. The van der Waals surface area contributed by atoms with Crippen molar-refractivity contribution < 1.29 is 14.3 Å². The van der Waals surface area contributed by atoms with Crippen molar-refractivity contribution in [2.75, 3.05) is 18.6 Å². The van der Waals surface area contributed by atoms with Gasteiger partial charge < -0.3 is 9.64 Å². The first-order valence-electron chi connectivity index (χ1n) is 6.13. The molecule has 1 fully saturated rings. The van der Waals surface area contributed by atoms with Crippen LogP contribution in [0.4, 0.5) is 5.69 Å². The minimum absolute atomic E-state index is 0.0380. The SMILES string of the molecule is COc1cc(C)ccc1N1CC(SC(C)=O)CC1=O. The molecule has 1 amide bonds. The van der Waals surface area contributed by atoms with Crippen LogP contribution in [-0.4, -0.2) is 29.9 Å². The summed E-state index contributed by atoms with van der Waals surface area (Å²) in [5.41, 5.74) is 1.87. The summed E-state index contributed by atoms with van der Waals surface area (Å²) in [5, 5.41) is 0.0894. The van der Waals surface area contributed by atoms with E-state index >= 15 is 0 Å². The van der Waals surface area contributed by atoms with Crippen molar-refractivity contribution in [2.45, 2.75) is 25.5 Å². The van der Waals surface area contributed by atoms with Crippen LogP contribution >= 0.6 is 11.8 Å².